The fourth-order valence-electron chi connectivity index (χ4n) is 2.37. The molecule has 6 heteroatoms. The molecular weight excluding hydrogens is 365 g/mol. The molecule has 1 atom stereocenters. The molecule has 0 aromatic heterocycles. The van der Waals surface area contributed by atoms with Gasteiger partial charge in [0.25, 0.3) is 10.1 Å². The van der Waals surface area contributed by atoms with Crippen molar-refractivity contribution < 1.29 is 17.5 Å². The van der Waals surface area contributed by atoms with Gasteiger partial charge in [0.05, 0.1) is 33.9 Å². The van der Waals surface area contributed by atoms with Gasteiger partial charge >= 0.3 is 0 Å². The van der Waals surface area contributed by atoms with Crippen molar-refractivity contribution in [3.05, 3.63) is 60.7 Å². The lowest BCUT2D eigenvalue weighted by Crippen LogP contribution is -2.27. The van der Waals surface area contributed by atoms with E-state index in [1.165, 1.54) is 0 Å². The Labute approximate surface area is 160 Å². The summed E-state index contributed by atoms with van der Waals surface area (Å²) in [5.41, 5.74) is -0.0974. The molecule has 1 unspecified atom stereocenters. The van der Waals surface area contributed by atoms with E-state index >= 15 is 0 Å². The van der Waals surface area contributed by atoms with Crippen molar-refractivity contribution in [3.8, 4) is 0 Å². The Hall–Kier alpha value is -1.26. The summed E-state index contributed by atoms with van der Waals surface area (Å²) < 4.78 is 32.9. The van der Waals surface area contributed by atoms with Gasteiger partial charge in [-0.3, -0.25) is 4.55 Å². The monoisotopic (exact) mass is 396 g/mol. The Morgan fingerprint density at radius 2 is 1.23 bits per heavy atom. The van der Waals surface area contributed by atoms with Crippen LogP contribution in [0, 0.1) is 0 Å². The van der Waals surface area contributed by atoms with Crippen molar-refractivity contribution in [1.82, 2.24) is 0 Å². The van der Waals surface area contributed by atoms with E-state index in [4.69, 9.17) is 0 Å². The molecule has 26 heavy (non-hydrogen) atoms. The van der Waals surface area contributed by atoms with Crippen molar-refractivity contribution in [2.75, 3.05) is 33.9 Å². The molecule has 1 N–H and O–H groups in total. The third kappa shape index (κ3) is 9.44. The molecule has 0 radical (unpaired) electrons. The largest absolute Gasteiger partial charge is 0.333 e. The summed E-state index contributed by atoms with van der Waals surface area (Å²) in [5.74, 6) is -0.195. The second-order valence-corrected chi connectivity index (χ2v) is 11.5. The molecule has 2 aromatic rings. The zero-order valence-electron chi connectivity index (χ0n) is 16.3. The van der Waals surface area contributed by atoms with Gasteiger partial charge in [-0.05, 0) is 25.0 Å². The maximum atomic E-state index is 11.3. The molecule has 2 rings (SSSR count). The highest BCUT2D eigenvalue weighted by molar-refractivity contribution is 7.86. The van der Waals surface area contributed by atoms with Crippen LogP contribution in [0.1, 0.15) is 13.3 Å². The lowest BCUT2D eigenvalue weighted by Gasteiger charge is -2.26. The van der Waals surface area contributed by atoms with E-state index in [1.807, 2.05) is 67.6 Å². The van der Waals surface area contributed by atoms with Crippen LogP contribution in [-0.2, 0) is 10.1 Å². The molecule has 0 spiro atoms. The number of quaternary nitrogens is 1. The highest BCUT2D eigenvalue weighted by Gasteiger charge is 2.27. The van der Waals surface area contributed by atoms with Crippen molar-refractivity contribution >= 4 is 28.6 Å². The highest BCUT2D eigenvalue weighted by Crippen LogP contribution is 2.41. The van der Waals surface area contributed by atoms with E-state index in [-0.39, 0.29) is 11.4 Å². The van der Waals surface area contributed by atoms with E-state index in [2.05, 4.69) is 28.2 Å². The van der Waals surface area contributed by atoms with Crippen molar-refractivity contribution in [2.45, 2.75) is 19.0 Å². The molecule has 0 heterocycles. The first kappa shape index (κ1) is 22.8. The molecule has 0 aliphatic carbocycles. The molecule has 0 saturated carbocycles. The Morgan fingerprint density at radius 3 is 1.50 bits per heavy atom. The van der Waals surface area contributed by atoms with E-state index < -0.39 is 18.0 Å². The van der Waals surface area contributed by atoms with Crippen molar-refractivity contribution in [2.24, 2.45) is 0 Å². The van der Waals surface area contributed by atoms with Gasteiger partial charge in [-0.2, -0.15) is 8.42 Å². The first-order valence-corrected chi connectivity index (χ1v) is 11.7. The summed E-state index contributed by atoms with van der Waals surface area (Å²) >= 11 is 0. The summed E-state index contributed by atoms with van der Waals surface area (Å²) in [5, 5.41) is 2.27. The SMILES string of the molecule is CCC(CS(=O)(=O)O)P(c1ccccc1)c1ccccc1.C[N+](C)(C)C. The average molecular weight is 397 g/mol. The summed E-state index contributed by atoms with van der Waals surface area (Å²) in [6.45, 7) is 1.97. The topological polar surface area (TPSA) is 54.4 Å². The van der Waals surface area contributed by atoms with Crippen molar-refractivity contribution in [1.29, 1.82) is 0 Å². The van der Waals surface area contributed by atoms with Gasteiger partial charge in [0.15, 0.2) is 0 Å². The van der Waals surface area contributed by atoms with Crippen molar-refractivity contribution in [3.63, 3.8) is 0 Å². The minimum atomic E-state index is -3.98. The zero-order valence-corrected chi connectivity index (χ0v) is 18.0. The first-order valence-electron chi connectivity index (χ1n) is 8.64. The predicted molar refractivity (Wildman–Crippen MR) is 114 cm³/mol. The minimum absolute atomic E-state index is 0.0974. The third-order valence-corrected chi connectivity index (χ3v) is 7.37. The summed E-state index contributed by atoms with van der Waals surface area (Å²) in [4.78, 5) is 0. The van der Waals surface area contributed by atoms with Crippen LogP contribution in [0.4, 0.5) is 0 Å². The number of benzene rings is 2. The molecule has 0 aliphatic heterocycles. The molecule has 0 fully saturated rings. The van der Waals surface area contributed by atoms with E-state index in [0.29, 0.717) is 6.42 Å². The van der Waals surface area contributed by atoms with Gasteiger partial charge in [-0.25, -0.2) is 0 Å². The van der Waals surface area contributed by atoms with Gasteiger partial charge in [0.2, 0.25) is 0 Å². The molecule has 144 valence electrons. The maximum Gasteiger partial charge on any atom is 0.265 e. The predicted octanol–water partition coefficient (Wildman–Crippen LogP) is 3.11. The Kier molecular flexibility index (Phi) is 8.91. The zero-order chi connectivity index (χ0) is 19.8. The lowest BCUT2D eigenvalue weighted by molar-refractivity contribution is -0.849. The van der Waals surface area contributed by atoms with Gasteiger partial charge in [0.1, 0.15) is 0 Å². The lowest BCUT2D eigenvalue weighted by atomic mass is 10.3. The summed E-state index contributed by atoms with van der Waals surface area (Å²) in [6, 6.07) is 19.9. The van der Waals surface area contributed by atoms with Gasteiger partial charge in [-0.15, -0.1) is 0 Å². The van der Waals surface area contributed by atoms with E-state index in [9.17, 15) is 13.0 Å². The second kappa shape index (κ2) is 10.2. The Bertz CT molecular complexity index is 698. The maximum absolute atomic E-state index is 11.3. The fourth-order valence-corrected chi connectivity index (χ4v) is 6.74. The first-order chi connectivity index (χ1) is 12.0. The smallest absolute Gasteiger partial charge is 0.265 e. The van der Waals surface area contributed by atoms with Gasteiger partial charge in [-0.1, -0.05) is 67.6 Å². The van der Waals surface area contributed by atoms with Crippen LogP contribution >= 0.6 is 7.92 Å². The third-order valence-electron chi connectivity index (χ3n) is 3.31. The average Bonchev–Trinajstić information content (AvgIpc) is 2.53. The number of hydrogen-bond acceptors (Lipinski definition) is 2. The molecule has 2 aromatic carbocycles. The molecule has 4 nitrogen and oxygen atoms in total. The molecular formula is C20H31NO3PS+. The number of rotatable bonds is 6. The second-order valence-electron chi connectivity index (χ2n) is 7.54. The van der Waals surface area contributed by atoms with Crippen LogP contribution in [0.15, 0.2) is 60.7 Å². The molecule has 0 bridgehead atoms. The quantitative estimate of drug-likeness (QED) is 0.464. The Morgan fingerprint density at radius 1 is 0.885 bits per heavy atom. The van der Waals surface area contributed by atoms with Crippen LogP contribution < -0.4 is 10.6 Å². The minimum Gasteiger partial charge on any atom is -0.333 e. The molecule has 0 saturated heterocycles. The highest BCUT2D eigenvalue weighted by atomic mass is 32.2. The van der Waals surface area contributed by atoms with Crippen LogP contribution in [0.3, 0.4) is 0 Å². The number of hydrogen-bond donors (Lipinski definition) is 1. The van der Waals surface area contributed by atoms with Crippen LogP contribution in [0.25, 0.3) is 0 Å². The van der Waals surface area contributed by atoms with Crippen LogP contribution in [-0.4, -0.2) is 57.1 Å². The van der Waals surface area contributed by atoms with Crippen LogP contribution in [0.2, 0.25) is 0 Å². The van der Waals surface area contributed by atoms with Gasteiger partial charge < -0.3 is 4.48 Å². The normalized spacial score (nSPS) is 13.0. The Balaban J connectivity index is 0.000000597. The van der Waals surface area contributed by atoms with Crippen LogP contribution in [0.5, 0.6) is 0 Å². The fraction of sp³-hybridized carbons (Fsp3) is 0.400. The summed E-state index contributed by atoms with van der Waals surface area (Å²) in [7, 11) is 3.70. The standard InChI is InChI=1S/C16H19O3PS.C4H12N/c1-2-14(13-21(17,18)19)20(15-9-5-3-6-10-15)16-11-7-4-8-12-16;1-5(2,3)4/h3-12,14H,2,13H2,1H3,(H,17,18,19);1-4H3/q;+1. The van der Waals surface area contributed by atoms with Gasteiger partial charge in [0, 0.05) is 5.66 Å². The molecule has 0 aliphatic rings. The number of nitrogens with zero attached hydrogens (tertiary/aromatic N) is 1. The van der Waals surface area contributed by atoms with E-state index in [0.717, 1.165) is 15.1 Å². The van der Waals surface area contributed by atoms with E-state index in [1.54, 1.807) is 0 Å². The molecule has 0 amide bonds. The summed E-state index contributed by atoms with van der Waals surface area (Å²) in [6.07, 6.45) is 0.704.